The van der Waals surface area contributed by atoms with Crippen molar-refractivity contribution in [3.63, 3.8) is 0 Å². The van der Waals surface area contributed by atoms with Crippen molar-refractivity contribution in [1.82, 2.24) is 42.5 Å². The second-order valence-corrected chi connectivity index (χ2v) is 20.4. The molecule has 77 heavy (non-hydrogen) atoms. The molecule has 0 spiro atoms. The number of carbonyl (C=O) groups is 11. The lowest BCUT2D eigenvalue weighted by atomic mass is 10.0. The van der Waals surface area contributed by atoms with Crippen LogP contribution in [-0.4, -0.2) is 155 Å². The maximum absolute atomic E-state index is 14.2. The smallest absolute Gasteiger partial charge is 0.326 e. The molecule has 0 unspecified atom stereocenters. The number of aliphatic carboxylic acids is 2. The molecule has 0 saturated carbocycles. The van der Waals surface area contributed by atoms with E-state index in [0.29, 0.717) is 38.8 Å². The molecule has 0 fully saturated rings. The molecule has 0 heterocycles. The molecular weight excluding hydrogens is 1010 g/mol. The van der Waals surface area contributed by atoms with Crippen LogP contribution in [0.4, 0.5) is 0 Å². The van der Waals surface area contributed by atoms with Gasteiger partial charge in [0.05, 0.1) is 6.04 Å². The van der Waals surface area contributed by atoms with E-state index in [9.17, 15) is 63.0 Å². The van der Waals surface area contributed by atoms with Gasteiger partial charge in [0.1, 0.15) is 48.3 Å². The Kier molecular flexibility index (Phi) is 34.7. The average molecular weight is 1100 g/mol. The van der Waals surface area contributed by atoms with Crippen LogP contribution in [0.5, 0.6) is 0 Å². The van der Waals surface area contributed by atoms with Crippen molar-refractivity contribution < 1.29 is 63.0 Å². The van der Waals surface area contributed by atoms with Crippen molar-refractivity contribution in [2.45, 2.75) is 199 Å². The summed E-state index contributed by atoms with van der Waals surface area (Å²) in [5.74, 6) is -11.1. The Hall–Kier alpha value is -6.68. The van der Waals surface area contributed by atoms with E-state index < -0.39 is 139 Å². The fourth-order valence-electron chi connectivity index (χ4n) is 7.68. The van der Waals surface area contributed by atoms with Crippen LogP contribution in [-0.2, 0) is 52.7 Å². The topological polar surface area (TPSA) is 493 Å². The molecule has 0 aromatic heterocycles. The van der Waals surface area contributed by atoms with E-state index in [0.717, 1.165) is 0 Å². The second kappa shape index (κ2) is 38.0. The number of carboxylic acids is 2. The number of hydrogen-bond donors (Lipinski definition) is 16. The highest BCUT2D eigenvalue weighted by molar-refractivity contribution is 5.98. The average Bonchev–Trinajstić information content (AvgIpc) is 3.32. The molecule has 22 N–H and O–H groups in total. The van der Waals surface area contributed by atoms with E-state index >= 15 is 0 Å². The highest BCUT2D eigenvalue weighted by atomic mass is 16.4. The predicted molar refractivity (Wildman–Crippen MR) is 286 cm³/mol. The number of aliphatic imine (C=N–C) groups is 1. The van der Waals surface area contributed by atoms with Crippen molar-refractivity contribution in [1.29, 1.82) is 0 Å². The number of nitrogens with two attached hydrogens (primary N) is 6. The Morgan fingerprint density at radius 1 is 0.416 bits per heavy atom. The van der Waals surface area contributed by atoms with Crippen molar-refractivity contribution in [3.05, 3.63) is 0 Å². The van der Waals surface area contributed by atoms with Gasteiger partial charge in [-0.1, -0.05) is 48.0 Å². The first-order valence-electron chi connectivity index (χ1n) is 26.4. The van der Waals surface area contributed by atoms with E-state index in [1.165, 1.54) is 6.92 Å². The zero-order valence-corrected chi connectivity index (χ0v) is 46.0. The minimum atomic E-state index is -1.68. The number of nitrogens with one attached hydrogen (secondary N) is 8. The summed E-state index contributed by atoms with van der Waals surface area (Å²) < 4.78 is 0. The summed E-state index contributed by atoms with van der Waals surface area (Å²) in [7, 11) is 0. The summed E-state index contributed by atoms with van der Waals surface area (Å²) in [4.78, 5) is 150. The Morgan fingerprint density at radius 2 is 0.766 bits per heavy atom. The van der Waals surface area contributed by atoms with Gasteiger partial charge in [0.25, 0.3) is 0 Å². The highest BCUT2D eigenvalue weighted by Crippen LogP contribution is 2.13. The summed E-state index contributed by atoms with van der Waals surface area (Å²) in [6.45, 7) is 12.7. The molecule has 9 amide bonds. The summed E-state index contributed by atoms with van der Waals surface area (Å²) >= 11 is 0. The third kappa shape index (κ3) is 31.2. The minimum absolute atomic E-state index is 0.0101. The number of nitrogens with zero attached hydrogens (tertiary/aromatic N) is 1. The van der Waals surface area contributed by atoms with Gasteiger partial charge in [-0.15, -0.1) is 0 Å². The van der Waals surface area contributed by atoms with Gasteiger partial charge in [-0.05, 0) is 115 Å². The van der Waals surface area contributed by atoms with Crippen LogP contribution in [0.2, 0.25) is 0 Å². The number of guanidine groups is 1. The fraction of sp³-hybridized carbons (Fsp3) is 0.755. The molecule has 28 heteroatoms. The van der Waals surface area contributed by atoms with Crippen LogP contribution in [0.15, 0.2) is 4.99 Å². The number of carbonyl (C=O) groups excluding carboxylic acids is 9. The number of carboxylic acid groups (broad SMARTS) is 2. The molecule has 0 aliphatic carbocycles. The SMILES string of the molecule is CC(C)C[C@H](NC(=O)[C@H](CCCCN)NC(=O)[C@H](C)NC(=O)[C@H](CC(C)C)NC(=O)[C@H](CCCN=C(N)N)NC(=O)[C@H](CCC(=O)O)NC(=O)[C@H](CCC(N)=O)NC(=O)[C@H](CC(C)C)NC(=O)[C@@H](N)CCCCN)C(=O)O. The summed E-state index contributed by atoms with van der Waals surface area (Å²) in [5.41, 5.74) is 33.6. The monoisotopic (exact) mass is 1100 g/mol. The minimum Gasteiger partial charge on any atom is -0.481 e. The molecule has 0 aliphatic rings. The molecule has 0 aliphatic heterocycles. The normalized spacial score (nSPS) is 14.7. The number of rotatable bonds is 41. The Labute approximate surface area is 451 Å². The Balaban J connectivity index is 6.78. The summed E-state index contributed by atoms with van der Waals surface area (Å²) in [6, 6.07) is -12.0. The highest BCUT2D eigenvalue weighted by Gasteiger charge is 2.35. The molecule has 0 bridgehead atoms. The third-order valence-corrected chi connectivity index (χ3v) is 11.8. The summed E-state index contributed by atoms with van der Waals surface area (Å²) in [6.07, 6.45) is 0.588. The number of hydrogen-bond acceptors (Lipinski definition) is 15. The Morgan fingerprint density at radius 3 is 1.18 bits per heavy atom. The lowest BCUT2D eigenvalue weighted by molar-refractivity contribution is -0.143. The predicted octanol–water partition coefficient (Wildman–Crippen LogP) is -3.12. The van der Waals surface area contributed by atoms with Gasteiger partial charge in [-0.3, -0.25) is 52.9 Å². The molecule has 0 rings (SSSR count). The van der Waals surface area contributed by atoms with E-state index in [1.807, 2.05) is 0 Å². The van der Waals surface area contributed by atoms with Crippen molar-refractivity contribution in [2.24, 2.45) is 57.1 Å². The summed E-state index contributed by atoms with van der Waals surface area (Å²) in [5, 5.41) is 39.6. The van der Waals surface area contributed by atoms with Crippen LogP contribution < -0.4 is 76.9 Å². The van der Waals surface area contributed by atoms with Crippen LogP contribution in [0.1, 0.15) is 145 Å². The van der Waals surface area contributed by atoms with Gasteiger partial charge in [0.15, 0.2) is 5.96 Å². The van der Waals surface area contributed by atoms with Gasteiger partial charge >= 0.3 is 11.9 Å². The lowest BCUT2D eigenvalue weighted by Crippen LogP contribution is -2.60. The van der Waals surface area contributed by atoms with Crippen LogP contribution in [0.25, 0.3) is 0 Å². The molecule has 0 aromatic carbocycles. The Bertz CT molecular complexity index is 1970. The molecule has 28 nitrogen and oxygen atoms in total. The van der Waals surface area contributed by atoms with Crippen LogP contribution in [0.3, 0.4) is 0 Å². The zero-order valence-electron chi connectivity index (χ0n) is 46.0. The van der Waals surface area contributed by atoms with E-state index in [-0.39, 0.29) is 81.6 Å². The molecule has 440 valence electrons. The van der Waals surface area contributed by atoms with Crippen molar-refractivity contribution in [2.75, 3.05) is 19.6 Å². The van der Waals surface area contributed by atoms with Crippen LogP contribution in [0, 0.1) is 17.8 Å². The molecule has 9 atom stereocenters. The standard InChI is InChI=1S/C49H91N15O13/c1-26(2)23-35(46(74)57-29(7)40(68)58-31(14-9-11-21-51)43(71)64-37(48(76)77)25-28(5)6)63-42(70)32(15-12-22-56-49(54)55)59-45(73)34(17-19-39(66)67)60-44(72)33(16-18-38(53)65)61-47(75)36(24-27(3)4)62-41(69)30(52)13-8-10-20-50/h26-37H,8-25,50-52H2,1-7H3,(H2,53,65)(H,57,74)(H,58,68)(H,59,73)(H,60,72)(H,61,75)(H,62,69)(H,63,70)(H,64,71)(H,66,67)(H,76,77)(H4,54,55,56)/t29-,30-,31-,32-,33-,34-,35-,36-,37-/m0/s1. The second-order valence-electron chi connectivity index (χ2n) is 20.4. The van der Waals surface area contributed by atoms with Gasteiger partial charge < -0.3 is 87.1 Å². The van der Waals surface area contributed by atoms with E-state index in [1.54, 1.807) is 41.5 Å². The zero-order chi connectivity index (χ0) is 58.9. The van der Waals surface area contributed by atoms with Crippen molar-refractivity contribution >= 4 is 71.1 Å². The molecule has 0 aromatic rings. The van der Waals surface area contributed by atoms with Gasteiger partial charge in [-0.25, -0.2) is 4.79 Å². The van der Waals surface area contributed by atoms with Gasteiger partial charge in [0, 0.05) is 19.4 Å². The quantitative estimate of drug-likeness (QED) is 0.0164. The number of primary amides is 1. The molecule has 0 radical (unpaired) electrons. The van der Waals surface area contributed by atoms with E-state index in [4.69, 9.17) is 34.4 Å². The third-order valence-electron chi connectivity index (χ3n) is 11.8. The van der Waals surface area contributed by atoms with Crippen molar-refractivity contribution in [3.8, 4) is 0 Å². The van der Waals surface area contributed by atoms with E-state index in [2.05, 4.69) is 47.5 Å². The van der Waals surface area contributed by atoms with Gasteiger partial charge in [0.2, 0.25) is 53.2 Å². The number of amides is 9. The first-order valence-corrected chi connectivity index (χ1v) is 26.4. The lowest BCUT2D eigenvalue weighted by Gasteiger charge is -2.28. The first-order chi connectivity index (χ1) is 36.0. The molecular formula is C49H91N15O13. The first kappa shape index (κ1) is 70.3. The fourth-order valence-corrected chi connectivity index (χ4v) is 7.68. The van der Waals surface area contributed by atoms with Crippen LogP contribution >= 0.6 is 0 Å². The maximum atomic E-state index is 14.2. The maximum Gasteiger partial charge on any atom is 0.326 e. The van der Waals surface area contributed by atoms with Gasteiger partial charge in [-0.2, -0.15) is 0 Å². The largest absolute Gasteiger partial charge is 0.481 e. The molecule has 0 saturated heterocycles. The number of unbranched alkanes of at least 4 members (excludes halogenated alkanes) is 2.